The normalized spacial score (nSPS) is 31.0. The van der Waals surface area contributed by atoms with Crippen molar-refractivity contribution in [3.63, 3.8) is 0 Å². The van der Waals surface area contributed by atoms with Crippen LogP contribution in [-0.4, -0.2) is 38.4 Å². The Morgan fingerprint density at radius 2 is 2.25 bits per heavy atom. The highest BCUT2D eigenvalue weighted by Crippen LogP contribution is 2.12. The van der Waals surface area contributed by atoms with Crippen molar-refractivity contribution >= 4 is 0 Å². The number of hydrogen-bond donors (Lipinski definition) is 1. The lowest BCUT2D eigenvalue weighted by Gasteiger charge is -2.26. The van der Waals surface area contributed by atoms with Gasteiger partial charge in [-0.25, -0.2) is 13.2 Å². The Hall–Kier alpha value is -0.290. The van der Waals surface area contributed by atoms with Crippen LogP contribution in [0.4, 0.5) is 13.2 Å². The maximum atomic E-state index is 12.9. The third-order valence-corrected chi connectivity index (χ3v) is 1.78. The lowest BCUT2D eigenvalue weighted by Crippen LogP contribution is -2.43. The molecule has 1 fully saturated rings. The first-order chi connectivity index (χ1) is 5.70. The summed E-state index contributed by atoms with van der Waals surface area (Å²) in [5.41, 5.74) is 0. The molecule has 0 spiro atoms. The summed E-state index contributed by atoms with van der Waals surface area (Å²) in [6.45, 7) is 0.174. The molecule has 1 aliphatic rings. The first-order valence-corrected chi connectivity index (χ1v) is 3.94. The van der Waals surface area contributed by atoms with Gasteiger partial charge in [-0.1, -0.05) is 0 Å². The van der Waals surface area contributed by atoms with Crippen LogP contribution in [0.25, 0.3) is 0 Å². The van der Waals surface area contributed by atoms with E-state index >= 15 is 0 Å². The molecule has 1 N–H and O–H groups in total. The van der Waals surface area contributed by atoms with E-state index in [1.807, 2.05) is 0 Å². The molecule has 0 aromatic carbocycles. The van der Waals surface area contributed by atoms with Crippen molar-refractivity contribution < 1.29 is 17.9 Å². The third-order valence-electron chi connectivity index (χ3n) is 1.78. The molecule has 5 heteroatoms. The van der Waals surface area contributed by atoms with Crippen LogP contribution in [0.3, 0.4) is 0 Å². The van der Waals surface area contributed by atoms with Gasteiger partial charge in [-0.3, -0.25) is 0 Å². The molecular formula is C7H12F3NO. The molecular weight excluding hydrogens is 171 g/mol. The summed E-state index contributed by atoms with van der Waals surface area (Å²) in [5.74, 6) is 0. The molecule has 1 aliphatic heterocycles. The molecule has 0 radical (unpaired) electrons. The van der Waals surface area contributed by atoms with E-state index in [-0.39, 0.29) is 6.54 Å². The molecule has 2 unspecified atom stereocenters. The van der Waals surface area contributed by atoms with Gasteiger partial charge in [0.15, 0.2) is 0 Å². The summed E-state index contributed by atoms with van der Waals surface area (Å²) in [5, 5.41) is 2.81. The number of alkyl halides is 3. The summed E-state index contributed by atoms with van der Waals surface area (Å²) < 4.78 is 40.9. The average Bonchev–Trinajstić information content (AvgIpc) is 2.03. The average molecular weight is 183 g/mol. The molecule has 72 valence electrons. The minimum atomic E-state index is -2.51. The molecule has 0 amide bonds. The number of piperidine rings is 1. The molecule has 1 heterocycles. The number of rotatable bonds is 3. The molecule has 0 saturated carbocycles. The van der Waals surface area contributed by atoms with Gasteiger partial charge in [-0.15, -0.1) is 0 Å². The van der Waals surface area contributed by atoms with Crippen molar-refractivity contribution in [1.29, 1.82) is 0 Å². The molecule has 0 bridgehead atoms. The highest BCUT2D eigenvalue weighted by Gasteiger charge is 2.25. The van der Waals surface area contributed by atoms with E-state index < -0.39 is 25.3 Å². The fourth-order valence-electron chi connectivity index (χ4n) is 1.18. The SMILES string of the molecule is FC(F)COC1CCNCC1F. The number of nitrogens with one attached hydrogen (secondary N) is 1. The van der Waals surface area contributed by atoms with Gasteiger partial charge in [-0.05, 0) is 13.0 Å². The number of halogens is 3. The summed E-state index contributed by atoms with van der Waals surface area (Å²) in [4.78, 5) is 0. The fourth-order valence-corrected chi connectivity index (χ4v) is 1.18. The van der Waals surface area contributed by atoms with Crippen LogP contribution in [0, 0.1) is 0 Å². The Labute approximate surface area is 69.1 Å². The molecule has 1 saturated heterocycles. The van der Waals surface area contributed by atoms with Gasteiger partial charge < -0.3 is 10.1 Å². The maximum absolute atomic E-state index is 12.9. The van der Waals surface area contributed by atoms with Crippen molar-refractivity contribution in [2.75, 3.05) is 19.7 Å². The van der Waals surface area contributed by atoms with Gasteiger partial charge in [0.1, 0.15) is 12.8 Å². The van der Waals surface area contributed by atoms with Crippen LogP contribution < -0.4 is 5.32 Å². The summed E-state index contributed by atoms with van der Waals surface area (Å²) in [6, 6.07) is 0. The summed E-state index contributed by atoms with van der Waals surface area (Å²) in [7, 11) is 0. The lowest BCUT2D eigenvalue weighted by molar-refractivity contribution is -0.0631. The fraction of sp³-hybridized carbons (Fsp3) is 1.00. The molecule has 2 nitrogen and oxygen atoms in total. The van der Waals surface area contributed by atoms with Gasteiger partial charge in [0.25, 0.3) is 6.43 Å². The zero-order valence-electron chi connectivity index (χ0n) is 6.60. The lowest BCUT2D eigenvalue weighted by atomic mass is 10.1. The van der Waals surface area contributed by atoms with Crippen molar-refractivity contribution in [2.45, 2.75) is 25.1 Å². The Kier molecular flexibility index (Phi) is 3.81. The number of ether oxygens (including phenoxy) is 1. The van der Waals surface area contributed by atoms with Crippen LogP contribution in [0.5, 0.6) is 0 Å². The summed E-state index contributed by atoms with van der Waals surface area (Å²) in [6.07, 6.45) is -3.85. The van der Waals surface area contributed by atoms with Gasteiger partial charge in [0.05, 0.1) is 6.10 Å². The predicted molar refractivity (Wildman–Crippen MR) is 38.1 cm³/mol. The zero-order valence-corrected chi connectivity index (χ0v) is 6.60. The number of hydrogen-bond acceptors (Lipinski definition) is 2. The third kappa shape index (κ3) is 2.98. The second-order valence-electron chi connectivity index (χ2n) is 2.77. The van der Waals surface area contributed by atoms with Crippen LogP contribution in [0.15, 0.2) is 0 Å². The highest BCUT2D eigenvalue weighted by atomic mass is 19.3. The van der Waals surface area contributed by atoms with Gasteiger partial charge in [0.2, 0.25) is 0 Å². The van der Waals surface area contributed by atoms with Crippen LogP contribution in [0.2, 0.25) is 0 Å². The van der Waals surface area contributed by atoms with E-state index in [9.17, 15) is 13.2 Å². The second-order valence-corrected chi connectivity index (χ2v) is 2.77. The Morgan fingerprint density at radius 1 is 1.50 bits per heavy atom. The first-order valence-electron chi connectivity index (χ1n) is 3.94. The predicted octanol–water partition coefficient (Wildman–Crippen LogP) is 0.968. The molecule has 0 aliphatic carbocycles. The molecule has 2 atom stereocenters. The monoisotopic (exact) mass is 183 g/mol. The van der Waals surface area contributed by atoms with Crippen LogP contribution >= 0.6 is 0 Å². The largest absolute Gasteiger partial charge is 0.369 e. The van der Waals surface area contributed by atoms with Gasteiger partial charge in [0, 0.05) is 6.54 Å². The second kappa shape index (κ2) is 4.67. The zero-order chi connectivity index (χ0) is 8.97. The van der Waals surface area contributed by atoms with Gasteiger partial charge in [-0.2, -0.15) is 0 Å². The standard InChI is InChI=1S/C7H12F3NO/c8-5-3-11-2-1-6(5)12-4-7(9)10/h5-7,11H,1-4H2. The van der Waals surface area contributed by atoms with E-state index in [2.05, 4.69) is 5.32 Å². The van der Waals surface area contributed by atoms with E-state index in [1.54, 1.807) is 0 Å². The Morgan fingerprint density at radius 3 is 2.83 bits per heavy atom. The molecule has 0 aromatic rings. The van der Waals surface area contributed by atoms with Crippen molar-refractivity contribution in [1.82, 2.24) is 5.32 Å². The molecule has 0 aromatic heterocycles. The minimum absolute atomic E-state index is 0.202. The Balaban J connectivity index is 2.20. The quantitative estimate of drug-likeness (QED) is 0.703. The van der Waals surface area contributed by atoms with Crippen molar-refractivity contribution in [3.05, 3.63) is 0 Å². The minimum Gasteiger partial charge on any atom is -0.369 e. The van der Waals surface area contributed by atoms with E-state index in [0.29, 0.717) is 13.0 Å². The Bertz CT molecular complexity index is 134. The van der Waals surface area contributed by atoms with Crippen molar-refractivity contribution in [3.8, 4) is 0 Å². The van der Waals surface area contributed by atoms with Crippen molar-refractivity contribution in [2.24, 2.45) is 0 Å². The molecule has 12 heavy (non-hydrogen) atoms. The topological polar surface area (TPSA) is 21.3 Å². The molecule has 1 rings (SSSR count). The van der Waals surface area contributed by atoms with Gasteiger partial charge >= 0.3 is 0 Å². The van der Waals surface area contributed by atoms with E-state index in [4.69, 9.17) is 4.74 Å². The smallest absolute Gasteiger partial charge is 0.261 e. The van der Waals surface area contributed by atoms with Crippen LogP contribution in [0.1, 0.15) is 6.42 Å². The van der Waals surface area contributed by atoms with E-state index in [1.165, 1.54) is 0 Å². The van der Waals surface area contributed by atoms with E-state index in [0.717, 1.165) is 0 Å². The maximum Gasteiger partial charge on any atom is 0.261 e. The highest BCUT2D eigenvalue weighted by molar-refractivity contribution is 4.78. The first kappa shape index (κ1) is 9.80. The summed E-state index contributed by atoms with van der Waals surface area (Å²) >= 11 is 0. The van der Waals surface area contributed by atoms with Crippen LogP contribution in [-0.2, 0) is 4.74 Å².